The molecule has 1 fully saturated rings. The van der Waals surface area contributed by atoms with Crippen LogP contribution < -0.4 is 10.2 Å². The lowest BCUT2D eigenvalue weighted by atomic mass is 10.1. The van der Waals surface area contributed by atoms with E-state index >= 15 is 0 Å². The molecule has 0 unspecified atom stereocenters. The minimum atomic E-state index is -0.215. The monoisotopic (exact) mass is 342 g/mol. The first-order valence-electron chi connectivity index (χ1n) is 7.67. The second-order valence-electron chi connectivity index (χ2n) is 5.58. The van der Waals surface area contributed by atoms with Crippen LogP contribution in [0.15, 0.2) is 47.9 Å². The number of nitrogens with zero attached hydrogens (tertiary/aromatic N) is 3. The molecule has 0 bridgehead atoms. The maximum absolute atomic E-state index is 12.2. The van der Waals surface area contributed by atoms with Crippen LogP contribution >= 0.6 is 11.8 Å². The third kappa shape index (κ3) is 3.73. The molecule has 7 heteroatoms. The highest BCUT2D eigenvalue weighted by atomic mass is 32.2. The smallest absolute Gasteiger partial charge is 0.254 e. The van der Waals surface area contributed by atoms with Crippen molar-refractivity contribution in [2.24, 2.45) is 5.92 Å². The van der Waals surface area contributed by atoms with Gasteiger partial charge in [0.1, 0.15) is 0 Å². The molecule has 1 saturated heterocycles. The van der Waals surface area contributed by atoms with Gasteiger partial charge in [0.2, 0.25) is 5.91 Å². The molecule has 3 rings (SSSR count). The van der Waals surface area contributed by atoms with Crippen molar-refractivity contribution in [2.75, 3.05) is 24.2 Å². The van der Waals surface area contributed by atoms with Crippen LogP contribution in [0.25, 0.3) is 0 Å². The summed E-state index contributed by atoms with van der Waals surface area (Å²) in [7, 11) is 0. The van der Waals surface area contributed by atoms with E-state index in [1.807, 2.05) is 36.6 Å². The van der Waals surface area contributed by atoms with Crippen molar-refractivity contribution >= 4 is 29.3 Å². The van der Waals surface area contributed by atoms with Gasteiger partial charge in [-0.25, -0.2) is 9.97 Å². The summed E-state index contributed by atoms with van der Waals surface area (Å²) in [6.45, 7) is 1.07. The fourth-order valence-electron chi connectivity index (χ4n) is 2.65. The number of nitrogens with one attached hydrogen (secondary N) is 1. The van der Waals surface area contributed by atoms with Crippen molar-refractivity contribution in [3.05, 3.63) is 48.3 Å². The van der Waals surface area contributed by atoms with Crippen LogP contribution in [0.2, 0.25) is 0 Å². The first-order valence-corrected chi connectivity index (χ1v) is 8.89. The number of carbonyl (C=O) groups excluding carboxylic acids is 2. The van der Waals surface area contributed by atoms with Gasteiger partial charge in [-0.3, -0.25) is 9.59 Å². The second kappa shape index (κ2) is 7.44. The van der Waals surface area contributed by atoms with Gasteiger partial charge in [-0.2, -0.15) is 0 Å². The summed E-state index contributed by atoms with van der Waals surface area (Å²) in [5, 5.41) is 3.50. The van der Waals surface area contributed by atoms with Crippen LogP contribution in [0.4, 0.5) is 5.69 Å². The van der Waals surface area contributed by atoms with Crippen LogP contribution in [0.5, 0.6) is 0 Å². The number of hydrogen-bond acceptors (Lipinski definition) is 5. The molecule has 1 aliphatic heterocycles. The van der Waals surface area contributed by atoms with Crippen molar-refractivity contribution in [3.8, 4) is 0 Å². The lowest BCUT2D eigenvalue weighted by Gasteiger charge is -2.16. The Kier molecular flexibility index (Phi) is 5.10. The van der Waals surface area contributed by atoms with Crippen LogP contribution in [0.3, 0.4) is 0 Å². The van der Waals surface area contributed by atoms with Crippen molar-refractivity contribution in [1.82, 2.24) is 15.3 Å². The Labute approximate surface area is 144 Å². The molecule has 24 heavy (non-hydrogen) atoms. The summed E-state index contributed by atoms with van der Waals surface area (Å²) in [6, 6.07) is 9.59. The normalized spacial score (nSPS) is 17.1. The quantitative estimate of drug-likeness (QED) is 0.664. The zero-order valence-electron chi connectivity index (χ0n) is 13.3. The number of anilines is 1. The van der Waals surface area contributed by atoms with E-state index in [9.17, 15) is 9.59 Å². The Morgan fingerprint density at radius 3 is 2.67 bits per heavy atom. The summed E-state index contributed by atoms with van der Waals surface area (Å²) in [5.41, 5.74) is 1.33. The van der Waals surface area contributed by atoms with E-state index in [1.54, 1.807) is 4.90 Å². The highest BCUT2D eigenvalue weighted by Gasteiger charge is 2.30. The summed E-state index contributed by atoms with van der Waals surface area (Å²) >= 11 is 1.42. The third-order valence-electron chi connectivity index (χ3n) is 3.90. The summed E-state index contributed by atoms with van der Waals surface area (Å²) in [4.78, 5) is 34.3. The molecule has 0 aliphatic carbocycles. The second-order valence-corrected chi connectivity index (χ2v) is 6.35. The van der Waals surface area contributed by atoms with Crippen LogP contribution in [-0.2, 0) is 4.79 Å². The Bertz CT molecular complexity index is 721. The van der Waals surface area contributed by atoms with Gasteiger partial charge in [0, 0.05) is 43.5 Å². The van der Waals surface area contributed by atoms with Gasteiger partial charge in [-0.15, -0.1) is 0 Å². The fraction of sp³-hybridized carbons (Fsp3) is 0.294. The number of benzene rings is 1. The predicted octanol–water partition coefficient (Wildman–Crippen LogP) is 1.98. The Morgan fingerprint density at radius 2 is 2.00 bits per heavy atom. The van der Waals surface area contributed by atoms with Gasteiger partial charge in [-0.1, -0.05) is 30.0 Å². The van der Waals surface area contributed by atoms with Crippen molar-refractivity contribution < 1.29 is 9.59 Å². The average Bonchev–Trinajstić information content (AvgIpc) is 3.01. The number of amides is 2. The van der Waals surface area contributed by atoms with E-state index in [2.05, 4.69) is 15.3 Å². The lowest BCUT2D eigenvalue weighted by Crippen LogP contribution is -2.31. The van der Waals surface area contributed by atoms with Gasteiger partial charge in [0.15, 0.2) is 5.16 Å². The third-order valence-corrected chi connectivity index (χ3v) is 4.47. The van der Waals surface area contributed by atoms with E-state index in [0.29, 0.717) is 30.2 Å². The molecule has 6 nitrogen and oxygen atoms in total. The maximum Gasteiger partial charge on any atom is 0.254 e. The standard InChI is InChI=1S/C17H18N4O2S/c1-24-17-19-9-13(10-20-17)16(23)18-8-12-7-15(22)21(11-12)14-5-3-2-4-6-14/h2-6,9-10,12H,7-8,11H2,1H3,(H,18,23)/t12-/m0/s1. The number of carbonyl (C=O) groups is 2. The predicted molar refractivity (Wildman–Crippen MR) is 93.0 cm³/mol. The molecule has 0 radical (unpaired) electrons. The molecule has 1 aliphatic rings. The first-order chi connectivity index (χ1) is 11.7. The van der Waals surface area contributed by atoms with Crippen molar-refractivity contribution in [3.63, 3.8) is 0 Å². The van der Waals surface area contributed by atoms with E-state index in [4.69, 9.17) is 0 Å². The molecule has 1 aromatic heterocycles. The van der Waals surface area contributed by atoms with Crippen LogP contribution in [0.1, 0.15) is 16.8 Å². The Balaban J connectivity index is 1.55. The van der Waals surface area contributed by atoms with Crippen LogP contribution in [0, 0.1) is 5.92 Å². The average molecular weight is 342 g/mol. The lowest BCUT2D eigenvalue weighted by molar-refractivity contribution is -0.117. The number of para-hydroxylation sites is 1. The SMILES string of the molecule is CSc1ncc(C(=O)NC[C@@H]2CC(=O)N(c3ccccc3)C2)cn1. The fourth-order valence-corrected chi connectivity index (χ4v) is 2.97. The highest BCUT2D eigenvalue weighted by Crippen LogP contribution is 2.24. The number of hydrogen-bond donors (Lipinski definition) is 1. The van der Waals surface area contributed by atoms with Gasteiger partial charge >= 0.3 is 0 Å². The minimum absolute atomic E-state index is 0.0908. The number of rotatable bonds is 5. The summed E-state index contributed by atoms with van der Waals surface area (Å²) < 4.78 is 0. The molecule has 2 aromatic rings. The molecule has 0 spiro atoms. The van der Waals surface area contributed by atoms with Gasteiger partial charge < -0.3 is 10.2 Å². The van der Waals surface area contributed by atoms with Gasteiger partial charge in [-0.05, 0) is 18.4 Å². The van der Waals surface area contributed by atoms with E-state index in [0.717, 1.165) is 5.69 Å². The number of aromatic nitrogens is 2. The molecule has 2 amide bonds. The number of thioether (sulfide) groups is 1. The largest absolute Gasteiger partial charge is 0.352 e. The molecule has 0 saturated carbocycles. The molecule has 1 atom stereocenters. The molecule has 1 N–H and O–H groups in total. The molecular weight excluding hydrogens is 324 g/mol. The molecule has 124 valence electrons. The maximum atomic E-state index is 12.2. The Hall–Kier alpha value is -2.41. The van der Waals surface area contributed by atoms with Crippen molar-refractivity contribution in [2.45, 2.75) is 11.6 Å². The van der Waals surface area contributed by atoms with Gasteiger partial charge in [0.05, 0.1) is 5.56 Å². The van der Waals surface area contributed by atoms with E-state index in [-0.39, 0.29) is 17.7 Å². The summed E-state index contributed by atoms with van der Waals surface area (Å²) in [5.74, 6) is -0.0191. The molecule has 1 aromatic carbocycles. The summed E-state index contributed by atoms with van der Waals surface area (Å²) in [6.07, 6.45) is 5.36. The van der Waals surface area contributed by atoms with E-state index < -0.39 is 0 Å². The molecule has 2 heterocycles. The zero-order valence-corrected chi connectivity index (χ0v) is 14.1. The van der Waals surface area contributed by atoms with E-state index in [1.165, 1.54) is 24.2 Å². The highest BCUT2D eigenvalue weighted by molar-refractivity contribution is 7.98. The van der Waals surface area contributed by atoms with Crippen LogP contribution in [-0.4, -0.2) is 41.1 Å². The van der Waals surface area contributed by atoms with Gasteiger partial charge in [0.25, 0.3) is 5.91 Å². The minimum Gasteiger partial charge on any atom is -0.352 e. The van der Waals surface area contributed by atoms with Crippen molar-refractivity contribution in [1.29, 1.82) is 0 Å². The Morgan fingerprint density at radius 1 is 1.29 bits per heavy atom. The topological polar surface area (TPSA) is 75.2 Å². The zero-order chi connectivity index (χ0) is 16.9. The molecular formula is C17H18N4O2S. The first kappa shape index (κ1) is 16.4.